The molecular weight excluding hydrogens is 446 g/mol. The van der Waals surface area contributed by atoms with Crippen LogP contribution in [0.5, 0.6) is 0 Å². The normalized spacial score (nSPS) is 8.95. The molecule has 3 aromatic carbocycles. The largest absolute Gasteiger partial charge is 4.00 e. The molecule has 0 radical (unpaired) electrons. The number of fused-ring (bicyclic) bond motifs is 2. The topological polar surface area (TPSA) is 0 Å². The number of aryl methyl sites for hydroxylation is 1. The first-order valence-corrected chi connectivity index (χ1v) is 5.79. The molecule has 0 bridgehead atoms. The first-order valence-electron chi connectivity index (χ1n) is 5.00. The molecule has 0 saturated heterocycles. The predicted molar refractivity (Wildman–Crippen MR) is 69.5 cm³/mol. The maximum atomic E-state index is 3.70. The third-order valence-electron chi connectivity index (χ3n) is 2.81. The zero-order valence-corrected chi connectivity index (χ0v) is 16.4. The molecule has 0 unspecified atom stereocenters. The summed E-state index contributed by atoms with van der Waals surface area (Å²) in [6, 6.07) is 15.2. The molecule has 0 atom stereocenters. The smallest absolute Gasteiger partial charge is 1.00 e. The van der Waals surface area contributed by atoms with E-state index in [0.29, 0.717) is 0 Å². The Morgan fingerprint density at radius 1 is 0.947 bits per heavy atom. The molecule has 0 amide bonds. The number of halogens is 4. The van der Waals surface area contributed by atoms with Crippen LogP contribution >= 0.6 is 15.9 Å². The van der Waals surface area contributed by atoms with Gasteiger partial charge in [-0.25, -0.2) is 0 Å². The standard InChI is InChI=1S/C14H10Br.3ClH.Zr/c1-9-6-11-8-10-4-2-3-5-12(10)14(15)13(11)7-9;;;;/h2-8H,1H3;3*1H;/q-1;;;;+4/p-3. The number of benzene rings is 2. The third-order valence-corrected chi connectivity index (χ3v) is 3.67. The van der Waals surface area contributed by atoms with E-state index in [2.05, 4.69) is 65.3 Å². The first kappa shape index (κ1) is 21.8. The van der Waals surface area contributed by atoms with Crippen LogP contribution in [0, 0.1) is 6.92 Å². The minimum atomic E-state index is 0. The molecule has 5 heteroatoms. The Balaban J connectivity index is 0. The van der Waals surface area contributed by atoms with Crippen LogP contribution in [0.15, 0.2) is 46.9 Å². The third kappa shape index (κ3) is 4.02. The molecule has 98 valence electrons. The molecule has 3 aromatic rings. The molecule has 0 aliphatic rings. The second kappa shape index (κ2) is 8.75. The van der Waals surface area contributed by atoms with Crippen LogP contribution in [0.4, 0.5) is 0 Å². The maximum absolute atomic E-state index is 3.70. The average Bonchev–Trinajstić information content (AvgIpc) is 2.59. The summed E-state index contributed by atoms with van der Waals surface area (Å²) < 4.78 is 1.21. The van der Waals surface area contributed by atoms with E-state index in [1.807, 2.05) is 0 Å². The fourth-order valence-electron chi connectivity index (χ4n) is 2.12. The molecule has 0 spiro atoms. The van der Waals surface area contributed by atoms with Gasteiger partial charge in [0.15, 0.2) is 0 Å². The monoisotopic (exact) mass is 452 g/mol. The van der Waals surface area contributed by atoms with Crippen molar-refractivity contribution in [1.82, 2.24) is 0 Å². The fourth-order valence-corrected chi connectivity index (χ4v) is 2.83. The van der Waals surface area contributed by atoms with Crippen molar-refractivity contribution < 1.29 is 63.4 Å². The van der Waals surface area contributed by atoms with Gasteiger partial charge in [-0.2, -0.15) is 6.07 Å². The van der Waals surface area contributed by atoms with Gasteiger partial charge in [0, 0.05) is 0 Å². The summed E-state index contributed by atoms with van der Waals surface area (Å²) in [5.74, 6) is 0. The summed E-state index contributed by atoms with van der Waals surface area (Å²) in [5.41, 5.74) is 1.32. The van der Waals surface area contributed by atoms with Crippen LogP contribution in [-0.4, -0.2) is 0 Å². The number of hydrogen-bond acceptors (Lipinski definition) is 0. The summed E-state index contributed by atoms with van der Waals surface area (Å²) in [7, 11) is 0. The molecule has 0 aliphatic heterocycles. The maximum Gasteiger partial charge on any atom is 4.00 e. The predicted octanol–water partition coefficient (Wildman–Crippen LogP) is -4.21. The van der Waals surface area contributed by atoms with E-state index in [9.17, 15) is 0 Å². The van der Waals surface area contributed by atoms with E-state index in [4.69, 9.17) is 0 Å². The SMILES string of the molecule is Cc1cc2c(Br)c3ccccc3cc2[cH-]1.[Cl-].[Cl-].[Cl-].[Zr+4]. The molecule has 0 nitrogen and oxygen atoms in total. The molecule has 0 aromatic heterocycles. The van der Waals surface area contributed by atoms with Gasteiger partial charge in [0.05, 0.1) is 0 Å². The van der Waals surface area contributed by atoms with Crippen molar-refractivity contribution in [3.63, 3.8) is 0 Å². The molecule has 3 rings (SSSR count). The molecule has 0 saturated carbocycles. The van der Waals surface area contributed by atoms with Gasteiger partial charge in [-0.15, -0.1) is 28.5 Å². The summed E-state index contributed by atoms with van der Waals surface area (Å²) in [5, 5.41) is 5.21. The first-order chi connectivity index (χ1) is 7.25. The zero-order chi connectivity index (χ0) is 10.4. The van der Waals surface area contributed by atoms with Crippen LogP contribution in [0.3, 0.4) is 0 Å². The van der Waals surface area contributed by atoms with Gasteiger partial charge in [-0.3, -0.25) is 0 Å². The summed E-state index contributed by atoms with van der Waals surface area (Å²) in [6.45, 7) is 2.14. The van der Waals surface area contributed by atoms with Crippen molar-refractivity contribution in [3.8, 4) is 0 Å². The molecule has 0 heterocycles. The Morgan fingerprint density at radius 2 is 1.58 bits per heavy atom. The van der Waals surface area contributed by atoms with Crippen LogP contribution in [-0.2, 0) is 26.2 Å². The van der Waals surface area contributed by atoms with Gasteiger partial charge in [-0.05, 0) is 9.86 Å². The fraction of sp³-hybridized carbons (Fsp3) is 0.0714. The van der Waals surface area contributed by atoms with E-state index in [0.717, 1.165) is 0 Å². The molecule has 0 aliphatic carbocycles. The van der Waals surface area contributed by atoms with Crippen molar-refractivity contribution in [3.05, 3.63) is 52.5 Å². The van der Waals surface area contributed by atoms with Crippen molar-refractivity contribution >= 4 is 37.5 Å². The molecule has 0 fully saturated rings. The Bertz CT molecular complexity index is 664. The van der Waals surface area contributed by atoms with E-state index >= 15 is 0 Å². The van der Waals surface area contributed by atoms with Crippen molar-refractivity contribution in [1.29, 1.82) is 0 Å². The zero-order valence-electron chi connectivity index (χ0n) is 10.1. The van der Waals surface area contributed by atoms with Gasteiger partial charge in [0.1, 0.15) is 0 Å². The van der Waals surface area contributed by atoms with Crippen molar-refractivity contribution in [2.45, 2.75) is 6.92 Å². The summed E-state index contributed by atoms with van der Waals surface area (Å²) in [6.07, 6.45) is 0. The number of rotatable bonds is 0. The van der Waals surface area contributed by atoms with Gasteiger partial charge in [0.25, 0.3) is 0 Å². The second-order valence-electron chi connectivity index (χ2n) is 3.95. The minimum Gasteiger partial charge on any atom is -1.00 e. The van der Waals surface area contributed by atoms with Crippen LogP contribution < -0.4 is 37.2 Å². The second-order valence-corrected chi connectivity index (χ2v) is 4.74. The van der Waals surface area contributed by atoms with E-state index in [-0.39, 0.29) is 63.4 Å². The van der Waals surface area contributed by atoms with Crippen LogP contribution in [0.25, 0.3) is 21.5 Å². The van der Waals surface area contributed by atoms with Crippen LogP contribution in [0.2, 0.25) is 0 Å². The number of hydrogen-bond donors (Lipinski definition) is 0. The Hall–Kier alpha value is 0.543. The summed E-state index contributed by atoms with van der Waals surface area (Å²) in [4.78, 5) is 0. The summed E-state index contributed by atoms with van der Waals surface area (Å²) >= 11 is 3.70. The van der Waals surface area contributed by atoms with Crippen molar-refractivity contribution in [2.24, 2.45) is 0 Å². The Labute approximate surface area is 159 Å². The van der Waals surface area contributed by atoms with E-state index < -0.39 is 0 Å². The van der Waals surface area contributed by atoms with Gasteiger partial charge >= 0.3 is 26.2 Å². The Kier molecular flexibility index (Phi) is 10.1. The van der Waals surface area contributed by atoms with E-state index in [1.54, 1.807) is 0 Å². The van der Waals surface area contributed by atoms with Gasteiger partial charge < -0.3 is 37.2 Å². The van der Waals surface area contributed by atoms with Gasteiger partial charge in [-0.1, -0.05) is 52.5 Å². The quantitative estimate of drug-likeness (QED) is 0.302. The van der Waals surface area contributed by atoms with Crippen LogP contribution in [0.1, 0.15) is 5.56 Å². The average molecular weight is 456 g/mol. The molecular formula is C14H10BrCl3Zr. The van der Waals surface area contributed by atoms with Crippen molar-refractivity contribution in [2.75, 3.05) is 0 Å². The van der Waals surface area contributed by atoms with E-state index in [1.165, 1.54) is 31.6 Å². The molecule has 0 N–H and O–H groups in total. The Morgan fingerprint density at radius 3 is 2.26 bits per heavy atom. The minimum absolute atomic E-state index is 0. The van der Waals surface area contributed by atoms with Gasteiger partial charge in [0.2, 0.25) is 0 Å². The molecule has 19 heavy (non-hydrogen) atoms.